The first-order valence-corrected chi connectivity index (χ1v) is 11.7. The summed E-state index contributed by atoms with van der Waals surface area (Å²) in [6.45, 7) is 5.94. The summed E-state index contributed by atoms with van der Waals surface area (Å²) in [7, 11) is 1.61. The Morgan fingerprint density at radius 2 is 1.84 bits per heavy atom. The van der Waals surface area contributed by atoms with E-state index in [9.17, 15) is 9.18 Å². The molecule has 1 unspecified atom stereocenters. The SMILES string of the molecule is COc1ccc(OC(C)c2nnc(SCC(=O)Nc3ccc(F)cc3Br)n2C(C)C)cc1. The standard InChI is InChI=1S/C22H24BrFN4O3S/c1-13(2)28-21(14(3)31-17-8-6-16(30-4)7-9-17)26-27-22(28)32-12-20(29)25-19-10-5-15(24)11-18(19)23/h5-11,13-14H,12H2,1-4H3,(H,25,29). The lowest BCUT2D eigenvalue weighted by atomic mass is 10.3. The molecule has 1 aromatic heterocycles. The van der Waals surface area contributed by atoms with Crippen molar-refractivity contribution in [2.24, 2.45) is 0 Å². The van der Waals surface area contributed by atoms with Gasteiger partial charge in [-0.1, -0.05) is 11.8 Å². The Balaban J connectivity index is 1.67. The van der Waals surface area contributed by atoms with E-state index in [2.05, 4.69) is 31.4 Å². The van der Waals surface area contributed by atoms with Crippen molar-refractivity contribution < 1.29 is 18.7 Å². The largest absolute Gasteiger partial charge is 0.497 e. The molecule has 0 radical (unpaired) electrons. The molecular formula is C22H24BrFN4O3S. The van der Waals surface area contributed by atoms with Crippen LogP contribution >= 0.6 is 27.7 Å². The van der Waals surface area contributed by atoms with Gasteiger partial charge in [0, 0.05) is 10.5 Å². The second kappa shape index (κ2) is 10.8. The summed E-state index contributed by atoms with van der Waals surface area (Å²) in [4.78, 5) is 12.4. The van der Waals surface area contributed by atoms with Crippen molar-refractivity contribution in [3.63, 3.8) is 0 Å². The van der Waals surface area contributed by atoms with Crippen LogP contribution < -0.4 is 14.8 Å². The third-order valence-corrected chi connectivity index (χ3v) is 6.08. The number of aromatic nitrogens is 3. The number of carbonyl (C=O) groups is 1. The van der Waals surface area contributed by atoms with Crippen LogP contribution in [0.1, 0.15) is 38.7 Å². The molecule has 3 aromatic rings. The zero-order valence-electron chi connectivity index (χ0n) is 18.1. The van der Waals surface area contributed by atoms with Gasteiger partial charge in [0.15, 0.2) is 17.1 Å². The fourth-order valence-corrected chi connectivity index (χ4v) is 4.29. The van der Waals surface area contributed by atoms with Crippen LogP contribution in [0.2, 0.25) is 0 Å². The van der Waals surface area contributed by atoms with Crippen LogP contribution in [0, 0.1) is 5.82 Å². The highest BCUT2D eigenvalue weighted by atomic mass is 79.9. The van der Waals surface area contributed by atoms with Crippen LogP contribution in [-0.4, -0.2) is 33.5 Å². The van der Waals surface area contributed by atoms with E-state index >= 15 is 0 Å². The van der Waals surface area contributed by atoms with Crippen LogP contribution in [0.25, 0.3) is 0 Å². The van der Waals surface area contributed by atoms with E-state index in [1.807, 2.05) is 49.6 Å². The fourth-order valence-electron chi connectivity index (χ4n) is 2.97. The van der Waals surface area contributed by atoms with Gasteiger partial charge in [-0.2, -0.15) is 0 Å². The first-order valence-electron chi connectivity index (χ1n) is 9.91. The number of thioether (sulfide) groups is 1. The van der Waals surface area contributed by atoms with E-state index < -0.39 is 0 Å². The molecule has 170 valence electrons. The molecule has 0 bridgehead atoms. The van der Waals surface area contributed by atoms with Crippen LogP contribution in [0.15, 0.2) is 52.1 Å². The number of ether oxygens (including phenoxy) is 2. The van der Waals surface area contributed by atoms with E-state index in [0.717, 1.165) is 5.75 Å². The molecule has 0 fully saturated rings. The summed E-state index contributed by atoms with van der Waals surface area (Å²) in [5, 5.41) is 12.0. The minimum Gasteiger partial charge on any atom is -0.497 e. The maximum Gasteiger partial charge on any atom is 0.234 e. The molecule has 0 saturated heterocycles. The van der Waals surface area contributed by atoms with E-state index in [0.29, 0.717) is 26.9 Å². The minimum atomic E-state index is -0.382. The lowest BCUT2D eigenvalue weighted by molar-refractivity contribution is -0.113. The molecule has 0 aliphatic rings. The Labute approximate surface area is 198 Å². The summed E-state index contributed by atoms with van der Waals surface area (Å²) in [5.41, 5.74) is 0.504. The average Bonchev–Trinajstić information content (AvgIpc) is 3.19. The summed E-state index contributed by atoms with van der Waals surface area (Å²) in [6.07, 6.45) is -0.350. The summed E-state index contributed by atoms with van der Waals surface area (Å²) in [5.74, 6) is 1.62. The molecule has 0 aliphatic heterocycles. The predicted octanol–water partition coefficient (Wildman–Crippen LogP) is 5.64. The first-order chi connectivity index (χ1) is 15.3. The van der Waals surface area contributed by atoms with Gasteiger partial charge in [0.1, 0.15) is 17.3 Å². The van der Waals surface area contributed by atoms with Gasteiger partial charge in [-0.05, 0) is 79.2 Å². The Kier molecular flexibility index (Phi) is 8.14. The molecular weight excluding hydrogens is 499 g/mol. The van der Waals surface area contributed by atoms with Gasteiger partial charge >= 0.3 is 0 Å². The Bertz CT molecular complexity index is 1080. The highest BCUT2D eigenvalue weighted by Crippen LogP contribution is 2.29. The molecule has 10 heteroatoms. The number of carbonyl (C=O) groups excluding carboxylic acids is 1. The van der Waals surface area contributed by atoms with Crippen LogP contribution in [-0.2, 0) is 4.79 Å². The first kappa shape index (κ1) is 24.1. The number of amides is 1. The van der Waals surface area contributed by atoms with Gasteiger partial charge in [0.25, 0.3) is 0 Å². The highest BCUT2D eigenvalue weighted by molar-refractivity contribution is 9.10. The van der Waals surface area contributed by atoms with Gasteiger partial charge < -0.3 is 19.4 Å². The molecule has 32 heavy (non-hydrogen) atoms. The van der Waals surface area contributed by atoms with E-state index in [1.54, 1.807) is 7.11 Å². The minimum absolute atomic E-state index is 0.0683. The second-order valence-electron chi connectivity index (χ2n) is 7.20. The number of anilines is 1. The molecule has 2 aromatic carbocycles. The van der Waals surface area contributed by atoms with Crippen LogP contribution in [0.5, 0.6) is 11.5 Å². The number of nitrogens with one attached hydrogen (secondary N) is 1. The fraction of sp³-hybridized carbons (Fsp3) is 0.318. The van der Waals surface area contributed by atoms with Crippen molar-refractivity contribution >= 4 is 39.3 Å². The number of benzene rings is 2. The van der Waals surface area contributed by atoms with Crippen LogP contribution in [0.3, 0.4) is 0 Å². The maximum absolute atomic E-state index is 13.2. The number of nitrogens with zero attached hydrogens (tertiary/aromatic N) is 3. The van der Waals surface area contributed by atoms with E-state index in [1.165, 1.54) is 30.0 Å². The Hall–Kier alpha value is -2.59. The monoisotopic (exact) mass is 522 g/mol. The number of methoxy groups -OCH3 is 1. The van der Waals surface area contributed by atoms with E-state index in [-0.39, 0.29) is 29.6 Å². The molecule has 1 atom stereocenters. The molecule has 0 aliphatic carbocycles. The molecule has 3 rings (SSSR count). The lowest BCUT2D eigenvalue weighted by Gasteiger charge is -2.19. The molecule has 1 amide bonds. The normalized spacial score (nSPS) is 12.0. The lowest BCUT2D eigenvalue weighted by Crippen LogP contribution is -2.17. The number of halogens is 2. The zero-order chi connectivity index (χ0) is 23.3. The molecule has 1 heterocycles. The summed E-state index contributed by atoms with van der Waals surface area (Å²) < 4.78 is 26.9. The summed E-state index contributed by atoms with van der Waals surface area (Å²) in [6, 6.07) is 11.5. The van der Waals surface area contributed by atoms with Gasteiger partial charge in [-0.3, -0.25) is 4.79 Å². The number of hydrogen-bond donors (Lipinski definition) is 1. The topological polar surface area (TPSA) is 78.3 Å². The molecule has 0 saturated carbocycles. The third-order valence-electron chi connectivity index (χ3n) is 4.48. The van der Waals surface area contributed by atoms with Gasteiger partial charge in [0.2, 0.25) is 5.91 Å². The quantitative estimate of drug-likeness (QED) is 0.366. The second-order valence-corrected chi connectivity index (χ2v) is 9.00. The van der Waals surface area contributed by atoms with Gasteiger partial charge in [-0.25, -0.2) is 4.39 Å². The number of rotatable bonds is 9. The van der Waals surface area contributed by atoms with Crippen molar-refractivity contribution in [2.75, 3.05) is 18.2 Å². The smallest absolute Gasteiger partial charge is 0.234 e. The molecule has 7 nitrogen and oxygen atoms in total. The zero-order valence-corrected chi connectivity index (χ0v) is 20.5. The van der Waals surface area contributed by atoms with Crippen molar-refractivity contribution in [1.29, 1.82) is 0 Å². The molecule has 1 N–H and O–H groups in total. The van der Waals surface area contributed by atoms with E-state index in [4.69, 9.17) is 9.47 Å². The van der Waals surface area contributed by atoms with Crippen molar-refractivity contribution in [2.45, 2.75) is 38.1 Å². The van der Waals surface area contributed by atoms with Crippen molar-refractivity contribution in [3.05, 3.63) is 58.6 Å². The van der Waals surface area contributed by atoms with Gasteiger partial charge in [0.05, 0.1) is 18.6 Å². The van der Waals surface area contributed by atoms with Crippen LogP contribution in [0.4, 0.5) is 10.1 Å². The van der Waals surface area contributed by atoms with Crippen molar-refractivity contribution in [3.8, 4) is 11.5 Å². The number of hydrogen-bond acceptors (Lipinski definition) is 6. The highest BCUT2D eigenvalue weighted by Gasteiger charge is 2.22. The van der Waals surface area contributed by atoms with Gasteiger partial charge in [-0.15, -0.1) is 10.2 Å². The summed E-state index contributed by atoms with van der Waals surface area (Å²) >= 11 is 4.52. The maximum atomic E-state index is 13.2. The Morgan fingerprint density at radius 1 is 1.16 bits per heavy atom. The third kappa shape index (κ3) is 6.01. The average molecular weight is 523 g/mol. The Morgan fingerprint density at radius 3 is 2.47 bits per heavy atom. The predicted molar refractivity (Wildman–Crippen MR) is 126 cm³/mol. The molecule has 0 spiro atoms. The van der Waals surface area contributed by atoms with Crippen molar-refractivity contribution in [1.82, 2.24) is 14.8 Å².